The van der Waals surface area contributed by atoms with Crippen LogP contribution in [-0.4, -0.2) is 39.5 Å². The van der Waals surface area contributed by atoms with Crippen LogP contribution >= 0.6 is 0 Å². The van der Waals surface area contributed by atoms with Gasteiger partial charge < -0.3 is 19.1 Å². The number of amides is 1. The molecule has 3 rings (SSSR count). The summed E-state index contributed by atoms with van der Waals surface area (Å²) in [6.07, 6.45) is 2.64. The standard InChI is InChI=1S/C16H20N6O2/c1-11-5-4-6-13-18-12(10-22(11)13)9-17-14(23)7-8-15-19-16(20-24-15)21(2)3/h4-6,10H,7-9H2,1-3H3,(H,17,23). The first-order chi connectivity index (χ1) is 11.5. The third kappa shape index (κ3) is 3.53. The number of nitrogens with zero attached hydrogens (tertiary/aromatic N) is 5. The van der Waals surface area contributed by atoms with E-state index >= 15 is 0 Å². The molecule has 8 nitrogen and oxygen atoms in total. The Labute approximate surface area is 139 Å². The van der Waals surface area contributed by atoms with E-state index in [4.69, 9.17) is 4.52 Å². The molecule has 126 valence electrons. The van der Waals surface area contributed by atoms with Crippen molar-refractivity contribution in [1.29, 1.82) is 0 Å². The van der Waals surface area contributed by atoms with Crippen LogP contribution in [0.2, 0.25) is 0 Å². The fraction of sp³-hybridized carbons (Fsp3) is 0.375. The zero-order valence-corrected chi connectivity index (χ0v) is 14.0. The Bertz CT molecular complexity index is 851. The largest absolute Gasteiger partial charge is 0.350 e. The molecular formula is C16H20N6O2. The SMILES string of the molecule is Cc1cccc2nc(CNC(=O)CCc3nc(N(C)C)no3)cn12. The molecule has 3 aromatic rings. The summed E-state index contributed by atoms with van der Waals surface area (Å²) < 4.78 is 7.10. The summed E-state index contributed by atoms with van der Waals surface area (Å²) in [6, 6.07) is 5.92. The zero-order chi connectivity index (χ0) is 17.1. The number of imidazole rings is 1. The lowest BCUT2D eigenvalue weighted by Gasteiger charge is -2.02. The van der Waals surface area contributed by atoms with Crippen molar-refractivity contribution in [2.45, 2.75) is 26.3 Å². The molecule has 0 saturated heterocycles. The molecule has 0 aliphatic heterocycles. The summed E-state index contributed by atoms with van der Waals surface area (Å²) in [7, 11) is 3.66. The molecule has 0 spiro atoms. The van der Waals surface area contributed by atoms with E-state index in [1.165, 1.54) is 0 Å². The van der Waals surface area contributed by atoms with Crippen molar-refractivity contribution in [3.63, 3.8) is 0 Å². The molecule has 3 aromatic heterocycles. The van der Waals surface area contributed by atoms with Crippen molar-refractivity contribution in [3.05, 3.63) is 41.7 Å². The maximum atomic E-state index is 12.0. The second-order valence-electron chi connectivity index (χ2n) is 5.79. The van der Waals surface area contributed by atoms with Gasteiger partial charge in [0.25, 0.3) is 5.95 Å². The summed E-state index contributed by atoms with van der Waals surface area (Å²) in [4.78, 5) is 22.4. The maximum Gasteiger partial charge on any atom is 0.265 e. The number of fused-ring (bicyclic) bond motifs is 1. The average molecular weight is 328 g/mol. The van der Waals surface area contributed by atoms with Gasteiger partial charge in [-0.25, -0.2) is 4.98 Å². The van der Waals surface area contributed by atoms with Crippen LogP contribution in [0.5, 0.6) is 0 Å². The van der Waals surface area contributed by atoms with E-state index in [0.29, 0.717) is 31.2 Å². The minimum absolute atomic E-state index is 0.0756. The van der Waals surface area contributed by atoms with Crippen LogP contribution in [0.25, 0.3) is 5.65 Å². The molecule has 0 aliphatic rings. The van der Waals surface area contributed by atoms with E-state index in [2.05, 4.69) is 20.4 Å². The molecule has 0 saturated carbocycles. The number of aryl methyl sites for hydroxylation is 2. The van der Waals surface area contributed by atoms with Crippen molar-refractivity contribution < 1.29 is 9.32 Å². The average Bonchev–Trinajstić information content (AvgIpc) is 3.18. The Morgan fingerprint density at radius 3 is 2.88 bits per heavy atom. The van der Waals surface area contributed by atoms with Gasteiger partial charge in [0.05, 0.1) is 12.2 Å². The van der Waals surface area contributed by atoms with Gasteiger partial charge >= 0.3 is 0 Å². The second-order valence-corrected chi connectivity index (χ2v) is 5.79. The summed E-state index contributed by atoms with van der Waals surface area (Å²) in [6.45, 7) is 2.41. The lowest BCUT2D eigenvalue weighted by molar-refractivity contribution is -0.121. The number of hydrogen-bond acceptors (Lipinski definition) is 6. The van der Waals surface area contributed by atoms with E-state index in [0.717, 1.165) is 17.0 Å². The molecule has 24 heavy (non-hydrogen) atoms. The first-order valence-electron chi connectivity index (χ1n) is 7.73. The minimum atomic E-state index is -0.0756. The van der Waals surface area contributed by atoms with Crippen LogP contribution in [0.1, 0.15) is 23.7 Å². The summed E-state index contributed by atoms with van der Waals surface area (Å²) >= 11 is 0. The fourth-order valence-corrected chi connectivity index (χ4v) is 2.31. The highest BCUT2D eigenvalue weighted by molar-refractivity contribution is 5.76. The van der Waals surface area contributed by atoms with Gasteiger partial charge in [-0.2, -0.15) is 4.98 Å². The van der Waals surface area contributed by atoms with Crippen molar-refractivity contribution in [2.24, 2.45) is 0 Å². The van der Waals surface area contributed by atoms with Gasteiger partial charge in [0.15, 0.2) is 0 Å². The van der Waals surface area contributed by atoms with Crippen molar-refractivity contribution in [3.8, 4) is 0 Å². The number of anilines is 1. The summed E-state index contributed by atoms with van der Waals surface area (Å²) in [5.41, 5.74) is 2.80. The number of pyridine rings is 1. The molecule has 0 unspecified atom stereocenters. The molecular weight excluding hydrogens is 308 g/mol. The fourth-order valence-electron chi connectivity index (χ4n) is 2.31. The van der Waals surface area contributed by atoms with Gasteiger partial charge in [0, 0.05) is 38.8 Å². The van der Waals surface area contributed by atoms with Crippen LogP contribution in [0.3, 0.4) is 0 Å². The van der Waals surface area contributed by atoms with Gasteiger partial charge in [-0.1, -0.05) is 6.07 Å². The quantitative estimate of drug-likeness (QED) is 0.734. The Morgan fingerprint density at radius 1 is 1.33 bits per heavy atom. The molecule has 0 aliphatic carbocycles. The monoisotopic (exact) mass is 328 g/mol. The highest BCUT2D eigenvalue weighted by atomic mass is 16.5. The van der Waals surface area contributed by atoms with E-state index in [9.17, 15) is 4.79 Å². The molecule has 0 aromatic carbocycles. The van der Waals surface area contributed by atoms with Crippen LogP contribution in [0.15, 0.2) is 28.9 Å². The van der Waals surface area contributed by atoms with Gasteiger partial charge in [-0.05, 0) is 24.2 Å². The minimum Gasteiger partial charge on any atom is -0.350 e. The van der Waals surface area contributed by atoms with E-state index in [1.807, 2.05) is 49.8 Å². The second kappa shape index (κ2) is 6.69. The first kappa shape index (κ1) is 16.0. The maximum absolute atomic E-state index is 12.0. The molecule has 1 N–H and O–H groups in total. The summed E-state index contributed by atoms with van der Waals surface area (Å²) in [5.74, 6) is 0.885. The summed E-state index contributed by atoms with van der Waals surface area (Å²) in [5, 5.41) is 6.68. The molecule has 0 bridgehead atoms. The molecule has 0 radical (unpaired) electrons. The van der Waals surface area contributed by atoms with E-state index in [-0.39, 0.29) is 5.91 Å². The van der Waals surface area contributed by atoms with Crippen LogP contribution in [0.4, 0.5) is 5.95 Å². The number of rotatable bonds is 6. The van der Waals surface area contributed by atoms with Crippen LogP contribution < -0.4 is 10.2 Å². The lowest BCUT2D eigenvalue weighted by Crippen LogP contribution is -2.23. The van der Waals surface area contributed by atoms with Crippen molar-refractivity contribution >= 4 is 17.5 Å². The number of carbonyl (C=O) groups excluding carboxylic acids is 1. The van der Waals surface area contributed by atoms with Gasteiger partial charge in [-0.15, -0.1) is 0 Å². The molecule has 1 amide bonds. The predicted molar refractivity (Wildman–Crippen MR) is 88.7 cm³/mol. The Hall–Kier alpha value is -2.90. The van der Waals surface area contributed by atoms with Crippen molar-refractivity contribution in [1.82, 2.24) is 24.8 Å². The smallest absolute Gasteiger partial charge is 0.265 e. The lowest BCUT2D eigenvalue weighted by atomic mass is 10.3. The first-order valence-corrected chi connectivity index (χ1v) is 7.73. The molecule has 3 heterocycles. The predicted octanol–water partition coefficient (Wildman–Crippen LogP) is 1.34. The number of carbonyl (C=O) groups is 1. The molecule has 0 atom stereocenters. The number of nitrogens with one attached hydrogen (secondary N) is 1. The zero-order valence-electron chi connectivity index (χ0n) is 14.0. The topological polar surface area (TPSA) is 88.6 Å². The van der Waals surface area contributed by atoms with Gasteiger partial charge in [0.1, 0.15) is 5.65 Å². The van der Waals surface area contributed by atoms with Crippen LogP contribution in [-0.2, 0) is 17.8 Å². The van der Waals surface area contributed by atoms with Crippen LogP contribution in [0, 0.1) is 6.92 Å². The van der Waals surface area contributed by atoms with Crippen molar-refractivity contribution in [2.75, 3.05) is 19.0 Å². The normalized spacial score (nSPS) is 11.0. The number of hydrogen-bond donors (Lipinski definition) is 1. The van der Waals surface area contributed by atoms with E-state index in [1.54, 1.807) is 4.90 Å². The molecule has 0 fully saturated rings. The third-order valence-corrected chi connectivity index (χ3v) is 3.64. The third-order valence-electron chi connectivity index (χ3n) is 3.64. The highest BCUT2D eigenvalue weighted by Crippen LogP contribution is 2.09. The van der Waals surface area contributed by atoms with Gasteiger partial charge in [0.2, 0.25) is 11.8 Å². The van der Waals surface area contributed by atoms with E-state index < -0.39 is 0 Å². The Kier molecular flexibility index (Phi) is 4.45. The Balaban J connectivity index is 1.52. The highest BCUT2D eigenvalue weighted by Gasteiger charge is 2.11. The molecule has 8 heteroatoms. The number of aromatic nitrogens is 4. The Morgan fingerprint density at radius 2 is 2.17 bits per heavy atom. The van der Waals surface area contributed by atoms with Gasteiger partial charge in [-0.3, -0.25) is 4.79 Å².